The molecule has 1 aromatic carbocycles. The van der Waals surface area contributed by atoms with Crippen LogP contribution < -0.4 is 5.32 Å². The van der Waals surface area contributed by atoms with Crippen LogP contribution in [0.15, 0.2) is 30.3 Å². The third-order valence-electron chi connectivity index (χ3n) is 4.02. The minimum absolute atomic E-state index is 0.175. The molecule has 114 valence electrons. The van der Waals surface area contributed by atoms with Crippen molar-refractivity contribution in [3.05, 3.63) is 35.9 Å². The summed E-state index contributed by atoms with van der Waals surface area (Å²) in [7, 11) is 0. The summed E-state index contributed by atoms with van der Waals surface area (Å²) in [6.45, 7) is 10.1. The number of rotatable bonds is 8. The molecule has 1 atom stereocenters. The minimum Gasteiger partial charge on any atom is -0.311 e. The van der Waals surface area contributed by atoms with Crippen molar-refractivity contribution < 1.29 is 0 Å². The van der Waals surface area contributed by atoms with E-state index < -0.39 is 0 Å². The Kier molecular flexibility index (Phi) is 7.11. The van der Waals surface area contributed by atoms with Gasteiger partial charge in [-0.2, -0.15) is 11.8 Å². The molecule has 20 heavy (non-hydrogen) atoms. The molecule has 0 spiro atoms. The van der Waals surface area contributed by atoms with Crippen molar-refractivity contribution >= 4 is 11.8 Å². The Labute approximate surface area is 129 Å². The monoisotopic (exact) mass is 293 g/mol. The summed E-state index contributed by atoms with van der Waals surface area (Å²) in [5, 5.41) is 3.73. The highest BCUT2D eigenvalue weighted by Gasteiger charge is 2.30. The van der Waals surface area contributed by atoms with Gasteiger partial charge in [-0.3, -0.25) is 0 Å². The van der Waals surface area contributed by atoms with Crippen molar-refractivity contribution in [3.8, 4) is 0 Å². The van der Waals surface area contributed by atoms with E-state index in [0.717, 1.165) is 6.54 Å². The lowest BCUT2D eigenvalue weighted by Gasteiger charge is -2.37. The van der Waals surface area contributed by atoms with Crippen molar-refractivity contribution in [2.24, 2.45) is 0 Å². The van der Waals surface area contributed by atoms with E-state index in [9.17, 15) is 0 Å². The average Bonchev–Trinajstić information content (AvgIpc) is 2.43. The van der Waals surface area contributed by atoms with Gasteiger partial charge < -0.3 is 5.32 Å². The van der Waals surface area contributed by atoms with E-state index in [1.165, 1.54) is 30.6 Å². The Morgan fingerprint density at radius 3 is 2.25 bits per heavy atom. The van der Waals surface area contributed by atoms with Crippen molar-refractivity contribution in [1.29, 1.82) is 0 Å². The number of nitrogens with one attached hydrogen (secondary N) is 1. The van der Waals surface area contributed by atoms with E-state index in [-0.39, 0.29) is 11.0 Å². The predicted molar refractivity (Wildman–Crippen MR) is 93.8 cm³/mol. The summed E-state index contributed by atoms with van der Waals surface area (Å²) >= 11 is 1.95. The average molecular weight is 294 g/mol. The minimum atomic E-state index is 0.175. The summed E-state index contributed by atoms with van der Waals surface area (Å²) in [4.78, 5) is 0. The molecule has 1 rings (SSSR count). The zero-order valence-electron chi connectivity index (χ0n) is 13.8. The van der Waals surface area contributed by atoms with E-state index in [1.807, 2.05) is 11.8 Å². The predicted octanol–water partition coefficient (Wildman–Crippen LogP) is 4.87. The highest BCUT2D eigenvalue weighted by Crippen LogP contribution is 2.33. The van der Waals surface area contributed by atoms with Crippen LogP contribution in [-0.2, 0) is 5.41 Å². The zero-order chi connectivity index (χ0) is 15.1. The smallest absolute Gasteiger partial charge is 0.00968 e. The van der Waals surface area contributed by atoms with Crippen LogP contribution in [0, 0.1) is 0 Å². The second kappa shape index (κ2) is 8.09. The molecule has 1 aromatic rings. The van der Waals surface area contributed by atoms with Gasteiger partial charge >= 0.3 is 0 Å². The first-order chi connectivity index (χ1) is 9.43. The van der Waals surface area contributed by atoms with Crippen LogP contribution in [0.2, 0.25) is 0 Å². The molecule has 0 aliphatic carbocycles. The van der Waals surface area contributed by atoms with Gasteiger partial charge in [-0.1, -0.05) is 37.3 Å². The van der Waals surface area contributed by atoms with Gasteiger partial charge in [0.1, 0.15) is 0 Å². The fourth-order valence-corrected chi connectivity index (χ4v) is 3.05. The van der Waals surface area contributed by atoms with Gasteiger partial charge in [0.25, 0.3) is 0 Å². The molecular weight excluding hydrogens is 262 g/mol. The molecule has 0 saturated heterocycles. The number of benzene rings is 1. The quantitative estimate of drug-likeness (QED) is 0.687. The molecule has 0 aromatic heterocycles. The van der Waals surface area contributed by atoms with E-state index in [1.54, 1.807) is 0 Å². The summed E-state index contributed by atoms with van der Waals surface area (Å²) < 4.78 is 0. The van der Waals surface area contributed by atoms with Crippen molar-refractivity contribution in [1.82, 2.24) is 5.32 Å². The molecule has 1 N–H and O–H groups in total. The lowest BCUT2D eigenvalue weighted by Crippen LogP contribution is -2.46. The fourth-order valence-electron chi connectivity index (χ4n) is 2.62. The Morgan fingerprint density at radius 2 is 1.75 bits per heavy atom. The third kappa shape index (κ3) is 5.49. The maximum Gasteiger partial charge on any atom is 0.00968 e. The Balaban J connectivity index is 2.90. The number of hydrogen-bond donors (Lipinski definition) is 1. The van der Waals surface area contributed by atoms with Gasteiger partial charge in [0.2, 0.25) is 0 Å². The topological polar surface area (TPSA) is 12.0 Å². The maximum absolute atomic E-state index is 3.73. The lowest BCUT2D eigenvalue weighted by molar-refractivity contribution is 0.303. The Hall–Kier alpha value is -0.470. The van der Waals surface area contributed by atoms with Crippen LogP contribution in [0.1, 0.15) is 52.5 Å². The second-order valence-corrected chi connectivity index (χ2v) is 7.69. The molecule has 2 heteroatoms. The van der Waals surface area contributed by atoms with E-state index in [2.05, 4.69) is 69.6 Å². The van der Waals surface area contributed by atoms with Crippen molar-refractivity contribution in [2.75, 3.05) is 18.6 Å². The molecule has 0 aliphatic rings. The standard InChI is InChI=1S/C18H31NS/c1-6-18(13-10-14-20-5,15-19-17(2,3)4)16-11-8-7-9-12-16/h7-9,11-12,19H,6,10,13-15H2,1-5H3. The van der Waals surface area contributed by atoms with Gasteiger partial charge in [0.05, 0.1) is 0 Å². The molecular formula is C18H31NS. The lowest BCUT2D eigenvalue weighted by atomic mass is 9.74. The SMILES string of the molecule is CCC(CCCSC)(CNC(C)(C)C)c1ccccc1. The highest BCUT2D eigenvalue weighted by molar-refractivity contribution is 7.98. The fraction of sp³-hybridized carbons (Fsp3) is 0.667. The molecule has 0 radical (unpaired) electrons. The normalized spacial score (nSPS) is 15.1. The van der Waals surface area contributed by atoms with Gasteiger partial charge in [-0.25, -0.2) is 0 Å². The summed E-state index contributed by atoms with van der Waals surface area (Å²) in [6.07, 6.45) is 5.94. The van der Waals surface area contributed by atoms with E-state index in [0.29, 0.717) is 0 Å². The Morgan fingerprint density at radius 1 is 1.10 bits per heavy atom. The summed E-state index contributed by atoms with van der Waals surface area (Å²) in [5.41, 5.74) is 1.93. The molecule has 0 amide bonds. The van der Waals surface area contributed by atoms with Gasteiger partial charge in [0, 0.05) is 17.5 Å². The van der Waals surface area contributed by atoms with Crippen LogP contribution in [0.5, 0.6) is 0 Å². The first-order valence-electron chi connectivity index (χ1n) is 7.73. The van der Waals surface area contributed by atoms with E-state index in [4.69, 9.17) is 0 Å². The van der Waals surface area contributed by atoms with Crippen LogP contribution in [0.4, 0.5) is 0 Å². The molecule has 0 bridgehead atoms. The van der Waals surface area contributed by atoms with Gasteiger partial charge in [-0.05, 0) is 57.6 Å². The Bertz CT molecular complexity index is 369. The molecule has 0 fully saturated rings. The van der Waals surface area contributed by atoms with Crippen LogP contribution in [0.3, 0.4) is 0 Å². The summed E-state index contributed by atoms with van der Waals surface area (Å²) in [6, 6.07) is 11.1. The van der Waals surface area contributed by atoms with Gasteiger partial charge in [-0.15, -0.1) is 0 Å². The van der Waals surface area contributed by atoms with Crippen molar-refractivity contribution in [3.63, 3.8) is 0 Å². The molecule has 0 aliphatic heterocycles. The number of thioether (sulfide) groups is 1. The molecule has 1 unspecified atom stereocenters. The van der Waals surface area contributed by atoms with Crippen molar-refractivity contribution in [2.45, 2.75) is 57.9 Å². The van der Waals surface area contributed by atoms with Crippen LogP contribution in [-0.4, -0.2) is 24.1 Å². The largest absolute Gasteiger partial charge is 0.311 e. The zero-order valence-corrected chi connectivity index (χ0v) is 14.6. The first kappa shape index (κ1) is 17.6. The molecule has 0 heterocycles. The first-order valence-corrected chi connectivity index (χ1v) is 9.12. The number of hydrogen-bond acceptors (Lipinski definition) is 2. The maximum atomic E-state index is 3.73. The second-order valence-electron chi connectivity index (χ2n) is 6.70. The molecule has 1 nitrogen and oxygen atoms in total. The van der Waals surface area contributed by atoms with Gasteiger partial charge in [0.15, 0.2) is 0 Å². The molecule has 0 saturated carbocycles. The summed E-state index contributed by atoms with van der Waals surface area (Å²) in [5.74, 6) is 1.25. The van der Waals surface area contributed by atoms with Crippen LogP contribution >= 0.6 is 11.8 Å². The highest BCUT2D eigenvalue weighted by atomic mass is 32.2. The van der Waals surface area contributed by atoms with Crippen LogP contribution in [0.25, 0.3) is 0 Å². The third-order valence-corrected chi connectivity index (χ3v) is 4.72. The van der Waals surface area contributed by atoms with E-state index >= 15 is 0 Å².